The molecule has 0 radical (unpaired) electrons. The van der Waals surface area contributed by atoms with Crippen molar-refractivity contribution in [3.05, 3.63) is 112 Å². The monoisotopic (exact) mass is 447 g/mol. The van der Waals surface area contributed by atoms with E-state index in [2.05, 4.69) is 90.9 Å². The van der Waals surface area contributed by atoms with Crippen LogP contribution in [0.1, 0.15) is 40.2 Å². The quantitative estimate of drug-likeness (QED) is 0.294. The summed E-state index contributed by atoms with van der Waals surface area (Å²) in [5.74, 6) is 7.58. The first-order valence-electron chi connectivity index (χ1n) is 11.1. The molecule has 162 valence electrons. The Morgan fingerprint density at radius 3 is 2.36 bits per heavy atom. The van der Waals surface area contributed by atoms with Crippen LogP contribution < -0.4 is 5.32 Å². The van der Waals surface area contributed by atoms with Crippen molar-refractivity contribution < 1.29 is 0 Å². The summed E-state index contributed by atoms with van der Waals surface area (Å²) in [6.07, 6.45) is 0. The van der Waals surface area contributed by atoms with Gasteiger partial charge in [-0.25, -0.2) is 4.98 Å². The van der Waals surface area contributed by atoms with Crippen molar-refractivity contribution in [1.29, 1.82) is 0 Å². The van der Waals surface area contributed by atoms with E-state index in [4.69, 9.17) is 4.98 Å². The molecule has 0 saturated carbocycles. The van der Waals surface area contributed by atoms with Gasteiger partial charge in [0.25, 0.3) is 0 Å². The van der Waals surface area contributed by atoms with Crippen molar-refractivity contribution in [3.8, 4) is 22.4 Å². The Balaban J connectivity index is 1.57. The lowest BCUT2D eigenvalue weighted by Crippen LogP contribution is -2.10. The lowest BCUT2D eigenvalue weighted by Gasteiger charge is -2.17. The summed E-state index contributed by atoms with van der Waals surface area (Å²) in [5, 5.41) is 3.75. The van der Waals surface area contributed by atoms with Crippen molar-refractivity contribution in [2.75, 3.05) is 5.32 Å². The Labute approximate surface area is 198 Å². The van der Waals surface area contributed by atoms with Crippen LogP contribution in [0, 0.1) is 25.7 Å². The lowest BCUT2D eigenvalue weighted by molar-refractivity contribution is 0.867. The first-order valence-corrected chi connectivity index (χ1v) is 11.9. The van der Waals surface area contributed by atoms with Crippen LogP contribution in [0.4, 0.5) is 5.82 Å². The molecule has 0 aliphatic rings. The predicted molar refractivity (Wildman–Crippen MR) is 139 cm³/mol. The van der Waals surface area contributed by atoms with Gasteiger partial charge in [-0.2, -0.15) is 0 Å². The highest BCUT2D eigenvalue weighted by molar-refractivity contribution is 7.16. The number of hydrogen-bond donors (Lipinski definition) is 1. The Bertz CT molecular complexity index is 1470. The molecule has 3 nitrogen and oxygen atoms in total. The number of thiophene rings is 1. The van der Waals surface area contributed by atoms with Gasteiger partial charge in [0.05, 0.1) is 9.75 Å². The smallest absolute Gasteiger partial charge is 0.140 e. The second-order valence-electron chi connectivity index (χ2n) is 8.23. The fourth-order valence-electron chi connectivity index (χ4n) is 4.05. The molecule has 3 heterocycles. The number of benzene rings is 2. The molecular formula is C29H25N3S. The number of aromatic nitrogens is 2. The topological polar surface area (TPSA) is 29.3 Å². The van der Waals surface area contributed by atoms with E-state index in [0.717, 1.165) is 38.2 Å². The summed E-state index contributed by atoms with van der Waals surface area (Å²) in [4.78, 5) is 7.18. The molecule has 5 aromatic rings. The predicted octanol–water partition coefficient (Wildman–Crippen LogP) is 7.25. The van der Waals surface area contributed by atoms with Crippen LogP contribution in [0.2, 0.25) is 0 Å². The molecule has 2 aromatic carbocycles. The average Bonchev–Trinajstić information content (AvgIpc) is 3.43. The third-order valence-electron chi connectivity index (χ3n) is 5.65. The van der Waals surface area contributed by atoms with Gasteiger partial charge in [-0.3, -0.25) is 4.40 Å². The summed E-state index contributed by atoms with van der Waals surface area (Å²) in [7, 11) is 0. The molecule has 3 aromatic heterocycles. The summed E-state index contributed by atoms with van der Waals surface area (Å²) < 4.78 is 2.22. The second-order valence-corrected chi connectivity index (χ2v) is 9.32. The summed E-state index contributed by atoms with van der Waals surface area (Å²) >= 11 is 1.68. The Morgan fingerprint density at radius 2 is 1.61 bits per heavy atom. The highest BCUT2D eigenvalue weighted by atomic mass is 32.1. The van der Waals surface area contributed by atoms with E-state index >= 15 is 0 Å². The maximum Gasteiger partial charge on any atom is 0.140 e. The highest BCUT2D eigenvalue weighted by Gasteiger charge is 2.19. The molecule has 1 atom stereocenters. The number of nitrogens with zero attached hydrogens (tertiary/aromatic N) is 2. The van der Waals surface area contributed by atoms with Crippen LogP contribution in [0.15, 0.2) is 84.9 Å². The normalized spacial score (nSPS) is 11.7. The van der Waals surface area contributed by atoms with E-state index in [9.17, 15) is 0 Å². The molecule has 0 aliphatic carbocycles. The number of hydrogen-bond acceptors (Lipinski definition) is 3. The maximum atomic E-state index is 5.05. The van der Waals surface area contributed by atoms with Gasteiger partial charge in [-0.05, 0) is 68.3 Å². The minimum Gasteiger partial charge on any atom is -0.363 e. The fraction of sp³-hybridized carbons (Fsp3) is 0.138. The van der Waals surface area contributed by atoms with E-state index in [1.165, 1.54) is 11.1 Å². The number of aryl methyl sites for hydroxylation is 2. The maximum absolute atomic E-state index is 5.05. The van der Waals surface area contributed by atoms with Crippen LogP contribution in [0.25, 0.3) is 16.2 Å². The van der Waals surface area contributed by atoms with Crippen LogP contribution >= 0.6 is 11.3 Å². The minimum absolute atomic E-state index is 0.142. The Hall–Kier alpha value is -3.81. The van der Waals surface area contributed by atoms with E-state index in [-0.39, 0.29) is 6.04 Å². The second kappa shape index (κ2) is 8.97. The number of rotatable bonds is 4. The molecule has 0 bridgehead atoms. The molecule has 1 N–H and O–H groups in total. The number of pyridine rings is 1. The molecule has 0 spiro atoms. The van der Waals surface area contributed by atoms with Gasteiger partial charge >= 0.3 is 0 Å². The largest absolute Gasteiger partial charge is 0.363 e. The number of fused-ring (bicyclic) bond motifs is 1. The van der Waals surface area contributed by atoms with E-state index in [1.807, 2.05) is 36.4 Å². The summed E-state index contributed by atoms with van der Waals surface area (Å²) in [5.41, 5.74) is 6.54. The SMILES string of the molecule is Cc1cc(C)n2c(NC(C)c3ccccc3)c(-c3ccc(C#Cc4ccccc4)s3)nc2c1. The average molecular weight is 448 g/mol. The Kier molecular flexibility index (Phi) is 5.73. The third-order valence-corrected chi connectivity index (χ3v) is 6.65. The standard InChI is InChI=1S/C29H25N3S/c1-20-18-21(2)32-27(19-20)31-28(29(32)30-22(3)24-12-8-5-9-13-24)26-17-16-25(33-26)15-14-23-10-6-4-7-11-23/h4-13,16-19,22,30H,1-3H3. The first-order chi connectivity index (χ1) is 16.1. The minimum atomic E-state index is 0.142. The number of imidazole rings is 1. The van der Waals surface area contributed by atoms with Crippen molar-refractivity contribution in [1.82, 2.24) is 9.38 Å². The Morgan fingerprint density at radius 1 is 0.879 bits per heavy atom. The highest BCUT2D eigenvalue weighted by Crippen LogP contribution is 2.36. The van der Waals surface area contributed by atoms with E-state index in [0.29, 0.717) is 0 Å². The molecule has 0 saturated heterocycles. The van der Waals surface area contributed by atoms with E-state index < -0.39 is 0 Å². The molecule has 0 amide bonds. The third kappa shape index (κ3) is 4.41. The lowest BCUT2D eigenvalue weighted by atomic mass is 10.1. The van der Waals surface area contributed by atoms with Crippen molar-refractivity contribution in [2.24, 2.45) is 0 Å². The van der Waals surface area contributed by atoms with Gasteiger partial charge in [0.2, 0.25) is 0 Å². The van der Waals surface area contributed by atoms with Crippen molar-refractivity contribution >= 4 is 22.8 Å². The zero-order chi connectivity index (χ0) is 22.8. The number of anilines is 1. The van der Waals surface area contributed by atoms with Crippen LogP contribution in [0.3, 0.4) is 0 Å². The zero-order valence-electron chi connectivity index (χ0n) is 19.0. The van der Waals surface area contributed by atoms with Gasteiger partial charge in [-0.1, -0.05) is 60.4 Å². The number of nitrogens with one attached hydrogen (secondary N) is 1. The molecule has 33 heavy (non-hydrogen) atoms. The van der Waals surface area contributed by atoms with Crippen LogP contribution in [0.5, 0.6) is 0 Å². The molecule has 5 rings (SSSR count). The van der Waals surface area contributed by atoms with Gasteiger partial charge in [0.15, 0.2) is 0 Å². The fourth-order valence-corrected chi connectivity index (χ4v) is 4.90. The molecule has 0 fully saturated rings. The zero-order valence-corrected chi connectivity index (χ0v) is 19.8. The van der Waals surface area contributed by atoms with Gasteiger partial charge in [0, 0.05) is 17.3 Å². The van der Waals surface area contributed by atoms with Gasteiger partial charge in [0.1, 0.15) is 17.2 Å². The first kappa shape index (κ1) is 21.1. The van der Waals surface area contributed by atoms with Crippen molar-refractivity contribution in [2.45, 2.75) is 26.8 Å². The molecular weight excluding hydrogens is 422 g/mol. The van der Waals surface area contributed by atoms with E-state index in [1.54, 1.807) is 11.3 Å². The van der Waals surface area contributed by atoms with Crippen LogP contribution in [-0.2, 0) is 0 Å². The summed E-state index contributed by atoms with van der Waals surface area (Å²) in [6.45, 7) is 6.44. The van der Waals surface area contributed by atoms with Crippen molar-refractivity contribution in [3.63, 3.8) is 0 Å². The van der Waals surface area contributed by atoms with Crippen LogP contribution in [-0.4, -0.2) is 9.38 Å². The van der Waals surface area contributed by atoms with Gasteiger partial charge < -0.3 is 5.32 Å². The molecule has 0 aliphatic heterocycles. The van der Waals surface area contributed by atoms with Gasteiger partial charge in [-0.15, -0.1) is 11.3 Å². The molecule has 4 heteroatoms. The summed E-state index contributed by atoms with van der Waals surface area (Å²) in [6, 6.07) is 29.3. The molecule has 1 unspecified atom stereocenters.